The Hall–Kier alpha value is -3.94. The molecular formula is C21H18N6O2. The van der Waals surface area contributed by atoms with Gasteiger partial charge < -0.3 is 9.73 Å². The van der Waals surface area contributed by atoms with Gasteiger partial charge in [0.05, 0.1) is 6.26 Å². The predicted octanol–water partition coefficient (Wildman–Crippen LogP) is 3.60. The highest BCUT2D eigenvalue weighted by molar-refractivity contribution is 5.89. The maximum absolute atomic E-state index is 12.5. The van der Waals surface area contributed by atoms with Crippen molar-refractivity contribution in [3.8, 4) is 17.4 Å². The average Bonchev–Trinajstić information content (AvgIpc) is 3.17. The Morgan fingerprint density at radius 1 is 1.10 bits per heavy atom. The van der Waals surface area contributed by atoms with E-state index in [1.54, 1.807) is 47.6 Å². The van der Waals surface area contributed by atoms with Crippen molar-refractivity contribution < 1.29 is 9.21 Å². The molecule has 0 saturated heterocycles. The Morgan fingerprint density at radius 3 is 2.76 bits per heavy atom. The largest absolute Gasteiger partial charge is 0.461 e. The Balaban J connectivity index is 1.33. The summed E-state index contributed by atoms with van der Waals surface area (Å²) in [4.78, 5) is 21.4. The van der Waals surface area contributed by atoms with E-state index in [0.29, 0.717) is 29.1 Å². The number of aromatic nitrogens is 4. The van der Waals surface area contributed by atoms with Gasteiger partial charge in [-0.05, 0) is 30.2 Å². The molecule has 0 unspecified atom stereocenters. The summed E-state index contributed by atoms with van der Waals surface area (Å²) >= 11 is 0. The van der Waals surface area contributed by atoms with Crippen LogP contribution in [0.1, 0.15) is 17.9 Å². The number of carbonyl (C=O) groups excluding carboxylic acids is 1. The molecule has 1 aliphatic rings. The van der Waals surface area contributed by atoms with Crippen LogP contribution in [0.2, 0.25) is 0 Å². The molecule has 1 aliphatic carbocycles. The number of furan rings is 1. The zero-order chi connectivity index (χ0) is 19.6. The summed E-state index contributed by atoms with van der Waals surface area (Å²) in [6.45, 7) is 0. The van der Waals surface area contributed by atoms with Crippen LogP contribution in [-0.4, -0.2) is 31.8 Å². The van der Waals surface area contributed by atoms with Gasteiger partial charge in [-0.25, -0.2) is 19.4 Å². The second-order valence-corrected chi connectivity index (χ2v) is 6.82. The minimum absolute atomic E-state index is 0.120. The van der Waals surface area contributed by atoms with E-state index in [1.807, 2.05) is 18.2 Å². The lowest BCUT2D eigenvalue weighted by molar-refractivity contribution is 0.251. The van der Waals surface area contributed by atoms with E-state index in [0.717, 1.165) is 6.42 Å². The zero-order valence-corrected chi connectivity index (χ0v) is 15.4. The highest BCUT2D eigenvalue weighted by Crippen LogP contribution is 2.40. The van der Waals surface area contributed by atoms with Crippen molar-refractivity contribution in [2.45, 2.75) is 18.4 Å². The number of anilines is 1. The van der Waals surface area contributed by atoms with Crippen LogP contribution in [0.3, 0.4) is 0 Å². The number of amides is 2. The molecule has 2 amide bonds. The summed E-state index contributed by atoms with van der Waals surface area (Å²) in [5, 5.41) is 10.0. The number of urea groups is 1. The van der Waals surface area contributed by atoms with Crippen molar-refractivity contribution in [3.63, 3.8) is 0 Å². The summed E-state index contributed by atoms with van der Waals surface area (Å²) in [7, 11) is 0. The number of carbonyl (C=O) groups is 1. The molecule has 29 heavy (non-hydrogen) atoms. The number of nitrogens with one attached hydrogen (secondary N) is 2. The Bertz CT molecular complexity index is 1060. The van der Waals surface area contributed by atoms with Gasteiger partial charge in [0.1, 0.15) is 5.82 Å². The molecule has 2 N–H and O–H groups in total. The third-order valence-corrected chi connectivity index (χ3v) is 4.77. The van der Waals surface area contributed by atoms with Gasteiger partial charge in [-0.15, -0.1) is 0 Å². The van der Waals surface area contributed by atoms with Gasteiger partial charge in [-0.2, -0.15) is 5.10 Å². The molecule has 3 heterocycles. The molecule has 0 aliphatic heterocycles. The van der Waals surface area contributed by atoms with Gasteiger partial charge in [0.15, 0.2) is 17.4 Å². The first-order chi connectivity index (χ1) is 14.3. The third-order valence-electron chi connectivity index (χ3n) is 4.77. The van der Waals surface area contributed by atoms with Crippen molar-refractivity contribution in [1.82, 2.24) is 25.1 Å². The molecule has 5 rings (SSSR count). The minimum atomic E-state index is -0.302. The molecule has 1 saturated carbocycles. The number of nitrogens with zero attached hydrogens (tertiary/aromatic N) is 4. The van der Waals surface area contributed by atoms with Gasteiger partial charge in [-0.3, -0.25) is 5.32 Å². The summed E-state index contributed by atoms with van der Waals surface area (Å²) in [5.74, 6) is 2.12. The lowest BCUT2D eigenvalue weighted by Gasteiger charge is -2.10. The van der Waals surface area contributed by atoms with Crippen LogP contribution < -0.4 is 10.6 Å². The molecule has 4 aromatic rings. The van der Waals surface area contributed by atoms with Crippen molar-refractivity contribution >= 4 is 11.8 Å². The lowest BCUT2D eigenvalue weighted by Crippen LogP contribution is -2.31. The zero-order valence-electron chi connectivity index (χ0n) is 15.4. The average molecular weight is 386 g/mol. The smallest absolute Gasteiger partial charge is 0.320 e. The molecule has 2 atom stereocenters. The topological polar surface area (TPSA) is 97.9 Å². The second kappa shape index (κ2) is 7.23. The van der Waals surface area contributed by atoms with Crippen molar-refractivity contribution in [2.75, 3.05) is 5.32 Å². The second-order valence-electron chi connectivity index (χ2n) is 6.82. The number of hydrogen-bond donors (Lipinski definition) is 2. The van der Waals surface area contributed by atoms with E-state index in [9.17, 15) is 4.79 Å². The van der Waals surface area contributed by atoms with E-state index < -0.39 is 0 Å². The molecular weight excluding hydrogens is 368 g/mol. The quantitative estimate of drug-likeness (QED) is 0.546. The molecule has 8 nitrogen and oxygen atoms in total. The summed E-state index contributed by atoms with van der Waals surface area (Å²) < 4.78 is 7.01. The summed E-state index contributed by atoms with van der Waals surface area (Å²) in [5.41, 5.74) is 1.24. The molecule has 1 fully saturated rings. The number of rotatable bonds is 5. The highest BCUT2D eigenvalue weighted by atomic mass is 16.3. The highest BCUT2D eigenvalue weighted by Gasteiger charge is 2.39. The van der Waals surface area contributed by atoms with Gasteiger partial charge in [0.2, 0.25) is 0 Å². The maximum atomic E-state index is 12.5. The minimum Gasteiger partial charge on any atom is -0.461 e. The Labute approximate surface area is 166 Å². The van der Waals surface area contributed by atoms with Gasteiger partial charge in [0, 0.05) is 30.4 Å². The Kier molecular flexibility index (Phi) is 4.28. The molecule has 0 radical (unpaired) electrons. The van der Waals surface area contributed by atoms with Crippen molar-refractivity contribution in [3.05, 3.63) is 78.8 Å². The van der Waals surface area contributed by atoms with Crippen LogP contribution in [0.5, 0.6) is 0 Å². The number of benzene rings is 1. The molecule has 144 valence electrons. The van der Waals surface area contributed by atoms with E-state index in [1.165, 1.54) is 5.56 Å². The first kappa shape index (κ1) is 17.2. The molecule has 8 heteroatoms. The fraction of sp³-hybridized carbons (Fsp3) is 0.143. The maximum Gasteiger partial charge on any atom is 0.320 e. The first-order valence-corrected chi connectivity index (χ1v) is 9.32. The summed E-state index contributed by atoms with van der Waals surface area (Å²) in [6, 6.07) is 17.0. The van der Waals surface area contributed by atoms with Crippen LogP contribution in [0.4, 0.5) is 10.6 Å². The fourth-order valence-electron chi connectivity index (χ4n) is 3.28. The number of hydrogen-bond acceptors (Lipinski definition) is 5. The SMILES string of the molecule is O=C(Nc1cc(-n2cccn2)nc(-c2ccco2)n1)N[C@H]1C[C@@H]1c1ccccc1. The van der Waals surface area contributed by atoms with Crippen LogP contribution in [0, 0.1) is 0 Å². The Morgan fingerprint density at radius 2 is 2.00 bits per heavy atom. The van der Waals surface area contributed by atoms with Gasteiger partial charge in [-0.1, -0.05) is 30.3 Å². The van der Waals surface area contributed by atoms with E-state index in [4.69, 9.17) is 4.42 Å². The predicted molar refractivity (Wildman–Crippen MR) is 107 cm³/mol. The van der Waals surface area contributed by atoms with E-state index >= 15 is 0 Å². The first-order valence-electron chi connectivity index (χ1n) is 9.32. The molecule has 0 bridgehead atoms. The van der Waals surface area contributed by atoms with Crippen LogP contribution in [0.15, 0.2) is 77.7 Å². The third kappa shape index (κ3) is 3.73. The molecule has 0 spiro atoms. The standard InChI is InChI=1S/C21H18N6O2/c28-21(23-16-12-15(16)14-6-2-1-3-7-14)25-18-13-19(27-10-5-9-22-27)26-20(24-18)17-8-4-11-29-17/h1-11,13,15-16H,12H2,(H2,23,24,25,26,28)/t15-,16+/m1/s1. The van der Waals surface area contributed by atoms with Gasteiger partial charge >= 0.3 is 6.03 Å². The van der Waals surface area contributed by atoms with E-state index in [-0.39, 0.29) is 12.1 Å². The molecule has 1 aromatic carbocycles. The van der Waals surface area contributed by atoms with Crippen molar-refractivity contribution in [2.24, 2.45) is 0 Å². The summed E-state index contributed by atoms with van der Waals surface area (Å²) in [6.07, 6.45) is 5.91. The van der Waals surface area contributed by atoms with Crippen LogP contribution in [0.25, 0.3) is 17.4 Å². The van der Waals surface area contributed by atoms with Crippen LogP contribution in [-0.2, 0) is 0 Å². The molecule has 3 aromatic heterocycles. The van der Waals surface area contributed by atoms with Crippen molar-refractivity contribution in [1.29, 1.82) is 0 Å². The monoisotopic (exact) mass is 386 g/mol. The fourth-order valence-corrected chi connectivity index (χ4v) is 3.28. The normalized spacial score (nSPS) is 17.7. The van der Waals surface area contributed by atoms with Crippen LogP contribution >= 0.6 is 0 Å². The lowest BCUT2D eigenvalue weighted by atomic mass is 10.1. The van der Waals surface area contributed by atoms with E-state index in [2.05, 4.69) is 37.8 Å². The van der Waals surface area contributed by atoms with Gasteiger partial charge in [0.25, 0.3) is 0 Å².